The van der Waals surface area contributed by atoms with Crippen LogP contribution in [0.5, 0.6) is 0 Å². The SMILES string of the molecule is Cc1cc(NC(=O)[C@H](C)SCC(=O)Nc2nc3ccccc3[nH]2)no1. The molecule has 2 aromatic heterocycles. The molecular weight excluding hydrogens is 342 g/mol. The van der Waals surface area contributed by atoms with Crippen molar-refractivity contribution >= 4 is 46.4 Å². The van der Waals surface area contributed by atoms with E-state index in [0.29, 0.717) is 17.5 Å². The van der Waals surface area contributed by atoms with E-state index < -0.39 is 5.25 Å². The van der Waals surface area contributed by atoms with Gasteiger partial charge < -0.3 is 14.8 Å². The van der Waals surface area contributed by atoms with Crippen molar-refractivity contribution in [3.05, 3.63) is 36.1 Å². The number of thioether (sulfide) groups is 1. The monoisotopic (exact) mass is 359 g/mol. The average molecular weight is 359 g/mol. The molecule has 130 valence electrons. The zero-order chi connectivity index (χ0) is 17.8. The Bertz CT molecular complexity index is 871. The van der Waals surface area contributed by atoms with E-state index in [4.69, 9.17) is 4.52 Å². The van der Waals surface area contributed by atoms with Gasteiger partial charge in [-0.25, -0.2) is 4.98 Å². The van der Waals surface area contributed by atoms with E-state index in [0.717, 1.165) is 11.0 Å². The third-order valence-corrected chi connectivity index (χ3v) is 4.50. The smallest absolute Gasteiger partial charge is 0.238 e. The van der Waals surface area contributed by atoms with Crippen LogP contribution in [0.15, 0.2) is 34.9 Å². The van der Waals surface area contributed by atoms with E-state index in [1.807, 2.05) is 24.3 Å². The molecule has 0 saturated carbocycles. The Morgan fingerprint density at radius 1 is 1.32 bits per heavy atom. The molecule has 0 unspecified atom stereocenters. The summed E-state index contributed by atoms with van der Waals surface area (Å²) in [4.78, 5) is 31.4. The Hall–Kier alpha value is -2.81. The first-order chi connectivity index (χ1) is 12.0. The van der Waals surface area contributed by atoms with Crippen LogP contribution in [0.4, 0.5) is 11.8 Å². The standard InChI is InChI=1S/C16H17N5O3S/c1-9-7-13(21-24-9)19-15(23)10(2)25-8-14(22)20-16-17-11-5-3-4-6-12(11)18-16/h3-7,10H,8H2,1-2H3,(H,19,21,23)(H2,17,18,20,22)/t10-/m0/s1. The van der Waals surface area contributed by atoms with Gasteiger partial charge in [0.15, 0.2) is 5.82 Å². The van der Waals surface area contributed by atoms with Crippen molar-refractivity contribution in [1.29, 1.82) is 0 Å². The van der Waals surface area contributed by atoms with Crippen LogP contribution in [0.2, 0.25) is 0 Å². The lowest BCUT2D eigenvalue weighted by atomic mass is 10.3. The van der Waals surface area contributed by atoms with Gasteiger partial charge in [-0.2, -0.15) is 0 Å². The molecule has 9 heteroatoms. The number of aromatic nitrogens is 3. The maximum atomic E-state index is 12.0. The molecule has 0 aliphatic carbocycles. The molecule has 0 spiro atoms. The fourth-order valence-corrected chi connectivity index (χ4v) is 2.79. The van der Waals surface area contributed by atoms with Crippen LogP contribution in [-0.4, -0.2) is 37.9 Å². The van der Waals surface area contributed by atoms with E-state index in [2.05, 4.69) is 25.8 Å². The molecule has 3 N–H and O–H groups in total. The van der Waals surface area contributed by atoms with Crippen molar-refractivity contribution in [2.45, 2.75) is 19.1 Å². The summed E-state index contributed by atoms with van der Waals surface area (Å²) in [7, 11) is 0. The highest BCUT2D eigenvalue weighted by atomic mass is 32.2. The highest BCUT2D eigenvalue weighted by Gasteiger charge is 2.17. The first-order valence-corrected chi connectivity index (χ1v) is 8.66. The van der Waals surface area contributed by atoms with Crippen LogP contribution in [0, 0.1) is 6.92 Å². The van der Waals surface area contributed by atoms with Crippen LogP contribution >= 0.6 is 11.8 Å². The number of benzene rings is 1. The molecule has 0 aliphatic rings. The Balaban J connectivity index is 1.48. The van der Waals surface area contributed by atoms with E-state index in [9.17, 15) is 9.59 Å². The largest absolute Gasteiger partial charge is 0.360 e. The molecule has 2 heterocycles. The van der Waals surface area contributed by atoms with Gasteiger partial charge in [-0.3, -0.25) is 14.9 Å². The number of imidazole rings is 1. The predicted octanol–water partition coefficient (Wildman–Crippen LogP) is 2.56. The van der Waals surface area contributed by atoms with Gasteiger partial charge in [0.25, 0.3) is 0 Å². The van der Waals surface area contributed by atoms with Crippen molar-refractivity contribution < 1.29 is 14.1 Å². The number of aromatic amines is 1. The minimum atomic E-state index is -0.418. The van der Waals surface area contributed by atoms with Crippen molar-refractivity contribution in [3.8, 4) is 0 Å². The minimum absolute atomic E-state index is 0.128. The summed E-state index contributed by atoms with van der Waals surface area (Å²) in [6.07, 6.45) is 0. The molecule has 2 amide bonds. The third kappa shape index (κ3) is 4.38. The number of para-hydroxylation sites is 2. The predicted molar refractivity (Wildman–Crippen MR) is 96.5 cm³/mol. The van der Waals surface area contributed by atoms with Gasteiger partial charge >= 0.3 is 0 Å². The number of anilines is 2. The van der Waals surface area contributed by atoms with Crippen molar-refractivity contribution in [2.75, 3.05) is 16.4 Å². The average Bonchev–Trinajstić information content (AvgIpc) is 3.17. The third-order valence-electron chi connectivity index (χ3n) is 3.36. The lowest BCUT2D eigenvalue weighted by Gasteiger charge is -2.09. The summed E-state index contributed by atoms with van der Waals surface area (Å²) >= 11 is 1.22. The second kappa shape index (κ2) is 7.39. The molecule has 1 atom stereocenters. The van der Waals surface area contributed by atoms with E-state index >= 15 is 0 Å². The van der Waals surface area contributed by atoms with Crippen LogP contribution < -0.4 is 10.6 Å². The number of nitrogens with zero attached hydrogens (tertiary/aromatic N) is 2. The highest BCUT2D eigenvalue weighted by molar-refractivity contribution is 8.01. The normalized spacial score (nSPS) is 12.1. The Morgan fingerprint density at radius 2 is 2.12 bits per heavy atom. The number of hydrogen-bond acceptors (Lipinski definition) is 6. The van der Waals surface area contributed by atoms with Crippen molar-refractivity contribution in [1.82, 2.24) is 15.1 Å². The summed E-state index contributed by atoms with van der Waals surface area (Å²) in [6, 6.07) is 9.13. The number of carbonyl (C=O) groups excluding carboxylic acids is 2. The molecule has 25 heavy (non-hydrogen) atoms. The molecule has 0 bridgehead atoms. The zero-order valence-electron chi connectivity index (χ0n) is 13.7. The number of amides is 2. The molecule has 1 aromatic carbocycles. The van der Waals surface area contributed by atoms with E-state index in [-0.39, 0.29) is 17.6 Å². The lowest BCUT2D eigenvalue weighted by Crippen LogP contribution is -2.25. The fourth-order valence-electron chi connectivity index (χ4n) is 2.11. The molecule has 0 radical (unpaired) electrons. The number of rotatable bonds is 6. The maximum Gasteiger partial charge on any atom is 0.238 e. The van der Waals surface area contributed by atoms with Crippen molar-refractivity contribution in [3.63, 3.8) is 0 Å². The van der Waals surface area contributed by atoms with Gasteiger partial charge in [0.1, 0.15) is 5.76 Å². The van der Waals surface area contributed by atoms with Gasteiger partial charge in [0.2, 0.25) is 17.8 Å². The van der Waals surface area contributed by atoms with Gasteiger partial charge in [-0.1, -0.05) is 17.3 Å². The lowest BCUT2D eigenvalue weighted by molar-refractivity contribution is -0.115. The molecule has 3 aromatic rings. The first-order valence-electron chi connectivity index (χ1n) is 7.61. The van der Waals surface area contributed by atoms with Crippen LogP contribution in [-0.2, 0) is 9.59 Å². The second-order valence-corrected chi connectivity index (χ2v) is 6.75. The quantitative estimate of drug-likeness (QED) is 0.623. The summed E-state index contributed by atoms with van der Waals surface area (Å²) in [5, 5.41) is 8.62. The Kier molecular flexibility index (Phi) is 5.03. The van der Waals surface area contributed by atoms with Gasteiger partial charge in [0, 0.05) is 6.07 Å². The zero-order valence-corrected chi connectivity index (χ0v) is 14.5. The minimum Gasteiger partial charge on any atom is -0.360 e. The van der Waals surface area contributed by atoms with E-state index in [1.165, 1.54) is 11.8 Å². The van der Waals surface area contributed by atoms with Crippen LogP contribution in [0.3, 0.4) is 0 Å². The summed E-state index contributed by atoms with van der Waals surface area (Å²) < 4.78 is 4.89. The van der Waals surface area contributed by atoms with Crippen molar-refractivity contribution in [2.24, 2.45) is 0 Å². The Morgan fingerprint density at radius 3 is 2.84 bits per heavy atom. The maximum absolute atomic E-state index is 12.0. The fraction of sp³-hybridized carbons (Fsp3) is 0.250. The topological polar surface area (TPSA) is 113 Å². The summed E-state index contributed by atoms with van der Waals surface area (Å²) in [6.45, 7) is 3.46. The summed E-state index contributed by atoms with van der Waals surface area (Å²) in [5.74, 6) is 1.02. The number of fused-ring (bicyclic) bond motifs is 1. The van der Waals surface area contributed by atoms with Gasteiger partial charge in [-0.15, -0.1) is 11.8 Å². The number of aryl methyl sites for hydroxylation is 1. The molecule has 0 fully saturated rings. The molecule has 3 rings (SSSR count). The number of hydrogen-bond donors (Lipinski definition) is 3. The van der Waals surface area contributed by atoms with Gasteiger partial charge in [-0.05, 0) is 26.0 Å². The number of carbonyl (C=O) groups is 2. The molecule has 0 aliphatic heterocycles. The van der Waals surface area contributed by atoms with Crippen LogP contribution in [0.1, 0.15) is 12.7 Å². The molecule has 0 saturated heterocycles. The highest BCUT2D eigenvalue weighted by Crippen LogP contribution is 2.16. The first kappa shape index (κ1) is 17.0. The Labute approximate surface area is 147 Å². The number of nitrogens with one attached hydrogen (secondary N) is 3. The van der Waals surface area contributed by atoms with Crippen LogP contribution in [0.25, 0.3) is 11.0 Å². The molecular formula is C16H17N5O3S. The molecule has 8 nitrogen and oxygen atoms in total. The number of H-pyrrole nitrogens is 1. The second-order valence-electron chi connectivity index (χ2n) is 5.42. The van der Waals surface area contributed by atoms with Gasteiger partial charge in [0.05, 0.1) is 22.0 Å². The van der Waals surface area contributed by atoms with E-state index in [1.54, 1.807) is 19.9 Å². The summed E-state index contributed by atoms with van der Waals surface area (Å²) in [5.41, 5.74) is 1.63.